The number of ether oxygens (including phenoxy) is 2. The second-order valence-electron chi connectivity index (χ2n) is 9.21. The number of pyridine rings is 1. The lowest BCUT2D eigenvalue weighted by molar-refractivity contribution is -0.127. The summed E-state index contributed by atoms with van der Waals surface area (Å²) in [5, 5.41) is 7.64. The first kappa shape index (κ1) is 24.3. The Bertz CT molecular complexity index is 1680. The topological polar surface area (TPSA) is 120 Å². The van der Waals surface area contributed by atoms with Crippen LogP contribution in [0.4, 0.5) is 11.5 Å². The van der Waals surface area contributed by atoms with Gasteiger partial charge in [0.15, 0.2) is 17.2 Å². The Labute approximate surface area is 224 Å². The number of benzene rings is 1. The van der Waals surface area contributed by atoms with Crippen LogP contribution < -0.4 is 14.8 Å². The summed E-state index contributed by atoms with van der Waals surface area (Å²) in [6, 6.07) is 11.3. The molecule has 0 unspecified atom stereocenters. The standard InChI is InChI=1S/C28H26N8O3/c1-3-26(37)35-11-8-20(9-12-35)39-25-7-5-22-27(34-25)28(31-17-30-22)33-19-4-6-23(18(2)14-19)38-21-15-24-29-10-13-36(24)32-16-21/h3-7,10,13-17,20H,1,8-9,11-12H2,2H3,(H,30,31,33). The third-order valence-electron chi connectivity index (χ3n) is 6.57. The van der Waals surface area contributed by atoms with Gasteiger partial charge in [0.1, 0.15) is 23.7 Å². The molecule has 5 heterocycles. The molecule has 1 saturated heterocycles. The van der Waals surface area contributed by atoms with Crippen LogP contribution in [0.1, 0.15) is 18.4 Å². The van der Waals surface area contributed by atoms with Gasteiger partial charge in [-0.15, -0.1) is 0 Å². The van der Waals surface area contributed by atoms with Crippen LogP contribution in [-0.4, -0.2) is 59.6 Å². The number of nitrogens with zero attached hydrogens (tertiary/aromatic N) is 7. The molecule has 0 bridgehead atoms. The lowest BCUT2D eigenvalue weighted by Crippen LogP contribution is -2.41. The molecule has 39 heavy (non-hydrogen) atoms. The zero-order chi connectivity index (χ0) is 26.8. The van der Waals surface area contributed by atoms with E-state index in [0.29, 0.717) is 53.0 Å². The Hall–Kier alpha value is -5.06. The van der Waals surface area contributed by atoms with Gasteiger partial charge in [-0.1, -0.05) is 6.58 Å². The molecule has 0 spiro atoms. The molecular formula is C28H26N8O3. The predicted molar refractivity (Wildman–Crippen MR) is 145 cm³/mol. The molecule has 1 fully saturated rings. The minimum absolute atomic E-state index is 0.0237. The average molecular weight is 523 g/mol. The molecule has 11 heteroatoms. The molecule has 1 aliphatic rings. The second kappa shape index (κ2) is 10.4. The van der Waals surface area contributed by atoms with Crippen LogP contribution in [0.2, 0.25) is 0 Å². The quantitative estimate of drug-likeness (QED) is 0.309. The number of amides is 1. The second-order valence-corrected chi connectivity index (χ2v) is 9.21. The third-order valence-corrected chi connectivity index (χ3v) is 6.57. The summed E-state index contributed by atoms with van der Waals surface area (Å²) in [6.45, 7) is 6.79. The zero-order valence-corrected chi connectivity index (χ0v) is 21.3. The molecule has 0 aliphatic carbocycles. The van der Waals surface area contributed by atoms with Crippen molar-refractivity contribution in [3.8, 4) is 17.4 Å². The summed E-state index contributed by atoms with van der Waals surface area (Å²) in [5.74, 6) is 2.33. The van der Waals surface area contributed by atoms with Crippen molar-refractivity contribution in [3.05, 3.63) is 79.5 Å². The highest BCUT2D eigenvalue weighted by molar-refractivity contribution is 5.87. The number of fused-ring (bicyclic) bond motifs is 2. The van der Waals surface area contributed by atoms with Gasteiger partial charge in [0, 0.05) is 56.1 Å². The van der Waals surface area contributed by atoms with Gasteiger partial charge < -0.3 is 19.7 Å². The van der Waals surface area contributed by atoms with E-state index in [9.17, 15) is 4.79 Å². The molecule has 1 N–H and O–H groups in total. The van der Waals surface area contributed by atoms with E-state index in [1.807, 2.05) is 43.3 Å². The highest BCUT2D eigenvalue weighted by Crippen LogP contribution is 2.30. The number of piperidine rings is 1. The van der Waals surface area contributed by atoms with Gasteiger partial charge in [0.2, 0.25) is 11.8 Å². The summed E-state index contributed by atoms with van der Waals surface area (Å²) in [6.07, 6.45) is 9.42. The first-order valence-electron chi connectivity index (χ1n) is 12.6. The van der Waals surface area contributed by atoms with E-state index in [0.717, 1.165) is 24.1 Å². The molecular weight excluding hydrogens is 496 g/mol. The van der Waals surface area contributed by atoms with Crippen LogP contribution in [0.5, 0.6) is 17.4 Å². The Morgan fingerprint density at radius 1 is 1.13 bits per heavy atom. The normalized spacial score (nSPS) is 13.9. The van der Waals surface area contributed by atoms with E-state index in [1.54, 1.807) is 28.0 Å². The summed E-state index contributed by atoms with van der Waals surface area (Å²) < 4.78 is 13.9. The molecule has 6 rings (SSSR count). The number of nitrogens with one attached hydrogen (secondary N) is 1. The van der Waals surface area contributed by atoms with E-state index >= 15 is 0 Å². The van der Waals surface area contributed by atoms with Crippen molar-refractivity contribution in [1.29, 1.82) is 0 Å². The highest BCUT2D eigenvalue weighted by atomic mass is 16.5. The van der Waals surface area contributed by atoms with Gasteiger partial charge in [0.05, 0.1) is 11.7 Å². The maximum Gasteiger partial charge on any atom is 0.245 e. The molecule has 0 atom stereocenters. The minimum Gasteiger partial charge on any atom is -0.474 e. The Morgan fingerprint density at radius 3 is 2.82 bits per heavy atom. The van der Waals surface area contributed by atoms with Crippen molar-refractivity contribution in [2.45, 2.75) is 25.9 Å². The third kappa shape index (κ3) is 5.19. The zero-order valence-electron chi connectivity index (χ0n) is 21.3. The summed E-state index contributed by atoms with van der Waals surface area (Å²) in [7, 11) is 0. The van der Waals surface area contributed by atoms with Crippen molar-refractivity contribution in [1.82, 2.24) is 34.4 Å². The summed E-state index contributed by atoms with van der Waals surface area (Å²) in [4.78, 5) is 31.4. The van der Waals surface area contributed by atoms with Crippen molar-refractivity contribution in [3.63, 3.8) is 0 Å². The fourth-order valence-corrected chi connectivity index (χ4v) is 4.53. The van der Waals surface area contributed by atoms with E-state index < -0.39 is 0 Å². The maximum absolute atomic E-state index is 11.8. The molecule has 4 aromatic heterocycles. The number of hydrogen-bond acceptors (Lipinski definition) is 9. The number of carbonyl (C=O) groups excluding carboxylic acids is 1. The van der Waals surface area contributed by atoms with Crippen LogP contribution in [0.3, 0.4) is 0 Å². The first-order valence-corrected chi connectivity index (χ1v) is 12.6. The van der Waals surface area contributed by atoms with Gasteiger partial charge in [0.25, 0.3) is 0 Å². The van der Waals surface area contributed by atoms with Crippen LogP contribution in [0, 0.1) is 6.92 Å². The Morgan fingerprint density at radius 2 is 2.00 bits per heavy atom. The Kier molecular flexibility index (Phi) is 6.45. The van der Waals surface area contributed by atoms with E-state index in [2.05, 4.69) is 31.9 Å². The van der Waals surface area contributed by atoms with E-state index in [4.69, 9.17) is 14.5 Å². The SMILES string of the molecule is C=CC(=O)N1CCC(Oc2ccc3ncnc(Nc4ccc(Oc5cnn6ccnc6c5)c(C)c4)c3n2)CC1. The van der Waals surface area contributed by atoms with Gasteiger partial charge in [-0.25, -0.2) is 24.5 Å². The van der Waals surface area contributed by atoms with Crippen LogP contribution >= 0.6 is 0 Å². The number of hydrogen-bond donors (Lipinski definition) is 1. The maximum atomic E-state index is 11.8. The van der Waals surface area contributed by atoms with Crippen molar-refractivity contribution < 1.29 is 14.3 Å². The largest absolute Gasteiger partial charge is 0.474 e. The van der Waals surface area contributed by atoms with Gasteiger partial charge in [-0.2, -0.15) is 5.10 Å². The van der Waals surface area contributed by atoms with E-state index in [-0.39, 0.29) is 12.0 Å². The molecule has 1 aromatic carbocycles. The van der Waals surface area contributed by atoms with Gasteiger partial charge >= 0.3 is 0 Å². The van der Waals surface area contributed by atoms with Crippen LogP contribution in [-0.2, 0) is 4.79 Å². The number of carbonyl (C=O) groups is 1. The molecule has 0 radical (unpaired) electrons. The smallest absolute Gasteiger partial charge is 0.245 e. The number of imidazole rings is 1. The fourth-order valence-electron chi connectivity index (χ4n) is 4.53. The van der Waals surface area contributed by atoms with Crippen LogP contribution in [0.15, 0.2) is 74.0 Å². The number of rotatable bonds is 7. The van der Waals surface area contributed by atoms with Gasteiger partial charge in [-0.3, -0.25) is 4.79 Å². The summed E-state index contributed by atoms with van der Waals surface area (Å²) in [5.41, 5.74) is 3.77. The number of aromatic nitrogens is 6. The number of anilines is 2. The molecule has 1 aliphatic heterocycles. The summed E-state index contributed by atoms with van der Waals surface area (Å²) >= 11 is 0. The monoisotopic (exact) mass is 522 g/mol. The van der Waals surface area contributed by atoms with Crippen molar-refractivity contribution in [2.75, 3.05) is 18.4 Å². The van der Waals surface area contributed by atoms with Crippen LogP contribution in [0.25, 0.3) is 16.7 Å². The molecule has 1 amide bonds. The number of likely N-dealkylation sites (tertiary alicyclic amines) is 1. The average Bonchev–Trinajstić information content (AvgIpc) is 3.43. The minimum atomic E-state index is -0.0483. The molecule has 11 nitrogen and oxygen atoms in total. The Balaban J connectivity index is 1.17. The fraction of sp³-hybridized carbons (Fsp3) is 0.214. The predicted octanol–water partition coefficient (Wildman–Crippen LogP) is 4.47. The van der Waals surface area contributed by atoms with Gasteiger partial charge in [-0.05, 0) is 42.8 Å². The molecule has 5 aromatic rings. The molecule has 196 valence electrons. The first-order chi connectivity index (χ1) is 19.1. The highest BCUT2D eigenvalue weighted by Gasteiger charge is 2.23. The van der Waals surface area contributed by atoms with E-state index in [1.165, 1.54) is 12.4 Å². The lowest BCUT2D eigenvalue weighted by Gasteiger charge is -2.31. The van der Waals surface area contributed by atoms with Crippen molar-refractivity contribution >= 4 is 34.1 Å². The molecule has 0 saturated carbocycles. The van der Waals surface area contributed by atoms with Crippen molar-refractivity contribution in [2.24, 2.45) is 0 Å². The lowest BCUT2D eigenvalue weighted by atomic mass is 10.1. The number of aryl methyl sites for hydroxylation is 1.